The van der Waals surface area contributed by atoms with Gasteiger partial charge in [-0.05, 0) is 33.4 Å². The summed E-state index contributed by atoms with van der Waals surface area (Å²) in [6.07, 6.45) is 2.73. The Labute approximate surface area is 367 Å². The molecule has 10 nitrogen and oxygen atoms in total. The SMILES string of the molecule is CON=C(C(=O)NC1C(=O)N2C(C(=O)OC(c3ccccc3)c3ccccc3)=C(C=CCCl)CS[C@@H]12)c1csc(NC(c2ccccc2)(c2ccccc2)c2ccccc2)n1. The third-order valence-corrected chi connectivity index (χ3v) is 12.6. The molecule has 2 aliphatic heterocycles. The number of halogens is 1. The van der Waals surface area contributed by atoms with Gasteiger partial charge in [0.25, 0.3) is 11.8 Å². The second-order valence-electron chi connectivity index (χ2n) is 14.0. The van der Waals surface area contributed by atoms with E-state index in [1.165, 1.54) is 35.1 Å². The van der Waals surface area contributed by atoms with Crippen LogP contribution >= 0.6 is 34.7 Å². The number of rotatable bonds is 15. The summed E-state index contributed by atoms with van der Waals surface area (Å²) in [6.45, 7) is 0. The van der Waals surface area contributed by atoms with Gasteiger partial charge < -0.3 is 20.2 Å². The average molecular weight is 866 g/mol. The average Bonchev–Trinajstić information content (AvgIpc) is 3.79. The molecule has 8 rings (SSSR count). The monoisotopic (exact) mass is 865 g/mol. The van der Waals surface area contributed by atoms with E-state index in [1.54, 1.807) is 17.5 Å². The summed E-state index contributed by atoms with van der Waals surface area (Å²) in [7, 11) is 1.34. The van der Waals surface area contributed by atoms with E-state index < -0.39 is 40.8 Å². The molecule has 1 saturated heterocycles. The van der Waals surface area contributed by atoms with Crippen molar-refractivity contribution in [3.05, 3.63) is 214 Å². The Morgan fingerprint density at radius 3 is 1.89 bits per heavy atom. The Kier molecular flexibility index (Phi) is 12.8. The second-order valence-corrected chi connectivity index (χ2v) is 16.3. The lowest BCUT2D eigenvalue weighted by Crippen LogP contribution is -2.71. The number of hydrogen-bond donors (Lipinski definition) is 2. The minimum absolute atomic E-state index is 0.109. The zero-order valence-electron chi connectivity index (χ0n) is 32.9. The van der Waals surface area contributed by atoms with Crippen LogP contribution in [0, 0.1) is 0 Å². The first-order chi connectivity index (χ1) is 29.9. The predicted molar refractivity (Wildman–Crippen MR) is 241 cm³/mol. The lowest BCUT2D eigenvalue weighted by atomic mass is 9.77. The van der Waals surface area contributed by atoms with E-state index in [4.69, 9.17) is 26.2 Å². The van der Waals surface area contributed by atoms with Gasteiger partial charge in [0, 0.05) is 17.0 Å². The van der Waals surface area contributed by atoms with Crippen LogP contribution < -0.4 is 10.6 Å². The number of anilines is 1. The number of oxime groups is 1. The number of carbonyl (C=O) groups excluding carboxylic acids is 3. The Morgan fingerprint density at radius 1 is 0.852 bits per heavy atom. The summed E-state index contributed by atoms with van der Waals surface area (Å²) in [5, 5.41) is 12.3. The zero-order chi connectivity index (χ0) is 42.2. The molecular weight excluding hydrogens is 826 g/mol. The van der Waals surface area contributed by atoms with E-state index in [0.29, 0.717) is 16.5 Å². The fourth-order valence-corrected chi connectivity index (χ4v) is 9.74. The van der Waals surface area contributed by atoms with Crippen molar-refractivity contribution in [1.29, 1.82) is 0 Å². The van der Waals surface area contributed by atoms with Gasteiger partial charge in [0.05, 0.1) is 0 Å². The van der Waals surface area contributed by atoms with E-state index >= 15 is 0 Å². The van der Waals surface area contributed by atoms with Crippen molar-refractivity contribution in [2.45, 2.75) is 23.1 Å². The largest absolute Gasteiger partial charge is 0.448 e. The zero-order valence-corrected chi connectivity index (χ0v) is 35.3. The van der Waals surface area contributed by atoms with Crippen molar-refractivity contribution in [2.24, 2.45) is 5.16 Å². The van der Waals surface area contributed by atoms with Crippen LogP contribution in [0.15, 0.2) is 186 Å². The number of thioether (sulfide) groups is 1. The van der Waals surface area contributed by atoms with Crippen LogP contribution in [0.5, 0.6) is 0 Å². The highest BCUT2D eigenvalue weighted by atomic mass is 35.5. The first-order valence-corrected chi connectivity index (χ1v) is 21.9. The molecule has 306 valence electrons. The molecule has 2 N–H and O–H groups in total. The quantitative estimate of drug-likeness (QED) is 0.0263. The Hall–Kier alpha value is -6.47. The number of fused-ring (bicyclic) bond motifs is 1. The number of carbonyl (C=O) groups is 3. The van der Waals surface area contributed by atoms with Crippen molar-refractivity contribution in [3.8, 4) is 0 Å². The van der Waals surface area contributed by atoms with Crippen LogP contribution in [0.2, 0.25) is 0 Å². The van der Waals surface area contributed by atoms with E-state index in [-0.39, 0.29) is 23.0 Å². The molecule has 5 aromatic carbocycles. The van der Waals surface area contributed by atoms with Crippen molar-refractivity contribution in [3.63, 3.8) is 0 Å². The molecule has 0 bridgehead atoms. The number of thiazole rings is 1. The summed E-state index contributed by atoms with van der Waals surface area (Å²) < 4.78 is 6.24. The van der Waals surface area contributed by atoms with Gasteiger partial charge in [0.15, 0.2) is 16.9 Å². The smallest absolute Gasteiger partial charge is 0.356 e. The molecule has 2 atom stereocenters. The molecule has 2 aliphatic rings. The van der Waals surface area contributed by atoms with Gasteiger partial charge in [-0.3, -0.25) is 14.5 Å². The van der Waals surface area contributed by atoms with Gasteiger partial charge >= 0.3 is 5.97 Å². The van der Waals surface area contributed by atoms with Crippen molar-refractivity contribution >= 4 is 63.3 Å². The lowest BCUT2D eigenvalue weighted by Gasteiger charge is -2.49. The Balaban J connectivity index is 1.05. The lowest BCUT2D eigenvalue weighted by molar-refractivity contribution is -0.154. The molecule has 1 fully saturated rings. The number of ether oxygens (including phenoxy) is 1. The molecule has 0 radical (unpaired) electrons. The van der Waals surface area contributed by atoms with Gasteiger partial charge in [-0.15, -0.1) is 34.7 Å². The van der Waals surface area contributed by atoms with Gasteiger partial charge in [-0.25, -0.2) is 9.78 Å². The maximum absolute atomic E-state index is 14.3. The number of alkyl halides is 1. The Bertz CT molecular complexity index is 2440. The summed E-state index contributed by atoms with van der Waals surface area (Å²) in [4.78, 5) is 53.9. The molecule has 1 aromatic heterocycles. The van der Waals surface area contributed by atoms with E-state index in [9.17, 15) is 14.4 Å². The molecule has 0 spiro atoms. The first-order valence-electron chi connectivity index (χ1n) is 19.5. The van der Waals surface area contributed by atoms with Crippen LogP contribution in [0.1, 0.15) is 39.6 Å². The minimum atomic E-state index is -0.974. The van der Waals surface area contributed by atoms with Gasteiger partial charge in [0.1, 0.15) is 35.5 Å². The number of benzene rings is 5. The number of nitrogens with zero attached hydrogens (tertiary/aromatic N) is 3. The maximum atomic E-state index is 14.3. The van der Waals surface area contributed by atoms with Crippen LogP contribution in [-0.4, -0.2) is 63.5 Å². The summed E-state index contributed by atoms with van der Waals surface area (Å²) in [5.74, 6) is -1.22. The Morgan fingerprint density at radius 2 is 1.38 bits per heavy atom. The number of hydrogen-bond acceptors (Lipinski definition) is 10. The number of allylic oxidation sites excluding steroid dienone is 2. The van der Waals surface area contributed by atoms with Crippen LogP contribution in [0.3, 0.4) is 0 Å². The van der Waals surface area contributed by atoms with Crippen molar-refractivity contribution < 1.29 is 24.0 Å². The van der Waals surface area contributed by atoms with Crippen LogP contribution in [0.4, 0.5) is 5.13 Å². The predicted octanol–water partition coefficient (Wildman–Crippen LogP) is 8.68. The fraction of sp³-hybridized carbons (Fsp3) is 0.146. The standard InChI is InChI=1S/C48H40ClN5O5S2/c1-58-53-39(38-31-61-47(50-38)52-48(35-23-11-4-12-24-35,36-25-13-5-14-26-36)37-27-15-6-16-28-37)43(55)51-40-44(56)54-41(34(22-17-29-49)30-60-45(40)54)46(57)59-42(32-18-7-2-8-19-32)33-20-9-3-10-21-33/h2-28,31,40,42,45H,29-30H2,1H3,(H,50,52)(H,51,55)/t40?,45-/m0/s1. The second kappa shape index (κ2) is 18.8. The molecule has 61 heavy (non-hydrogen) atoms. The van der Waals surface area contributed by atoms with Crippen molar-refractivity contribution in [2.75, 3.05) is 24.1 Å². The molecule has 0 saturated carbocycles. The fourth-order valence-electron chi connectivity index (χ4n) is 7.58. The number of esters is 1. The third kappa shape index (κ3) is 8.47. The normalized spacial score (nSPS) is 16.5. The number of nitrogens with one attached hydrogen (secondary N) is 2. The topological polar surface area (TPSA) is 122 Å². The van der Waals surface area contributed by atoms with Gasteiger partial charge in [-0.2, -0.15) is 0 Å². The molecule has 13 heteroatoms. The number of β-lactam (4-membered cyclic amide) rings is 1. The highest BCUT2D eigenvalue weighted by Crippen LogP contribution is 2.43. The van der Waals surface area contributed by atoms with E-state index in [0.717, 1.165) is 27.8 Å². The molecule has 2 amide bonds. The highest BCUT2D eigenvalue weighted by Gasteiger charge is 2.55. The number of amides is 2. The molecule has 3 heterocycles. The van der Waals surface area contributed by atoms with Crippen molar-refractivity contribution in [1.82, 2.24) is 15.2 Å². The van der Waals surface area contributed by atoms with E-state index in [1.807, 2.05) is 115 Å². The molecule has 6 aromatic rings. The van der Waals surface area contributed by atoms with Gasteiger partial charge in [-0.1, -0.05) is 169 Å². The van der Waals surface area contributed by atoms with E-state index in [2.05, 4.69) is 52.2 Å². The molecular formula is C48H40ClN5O5S2. The summed E-state index contributed by atoms with van der Waals surface area (Å²) >= 11 is 8.74. The third-order valence-electron chi connectivity index (χ3n) is 10.4. The minimum Gasteiger partial charge on any atom is -0.448 e. The van der Waals surface area contributed by atoms with Crippen LogP contribution in [-0.2, 0) is 29.5 Å². The highest BCUT2D eigenvalue weighted by molar-refractivity contribution is 8.00. The maximum Gasteiger partial charge on any atom is 0.356 e. The summed E-state index contributed by atoms with van der Waals surface area (Å²) in [6, 6.07) is 48.2. The summed E-state index contributed by atoms with van der Waals surface area (Å²) in [5.41, 5.74) is 4.49. The molecule has 0 aliphatic carbocycles. The first kappa shape index (κ1) is 41.3. The van der Waals surface area contributed by atoms with Crippen LogP contribution in [0.25, 0.3) is 0 Å². The van der Waals surface area contributed by atoms with Gasteiger partial charge in [0.2, 0.25) is 0 Å². The number of aromatic nitrogens is 1. The molecule has 1 unspecified atom stereocenters.